The maximum Gasteiger partial charge on any atom is 0.0898 e. The van der Waals surface area contributed by atoms with Crippen molar-refractivity contribution in [3.05, 3.63) is 45.9 Å². The van der Waals surface area contributed by atoms with E-state index in [9.17, 15) is 5.11 Å². The molecule has 1 unspecified atom stereocenters. The third kappa shape index (κ3) is 2.13. The van der Waals surface area contributed by atoms with Gasteiger partial charge in [0, 0.05) is 23.2 Å². The standard InChI is InChI=1S/C14H16N2OS/c1-10-15-11(9-18-10)8-16-7-6-14(17)12-4-2-3-5-13(12)16/h2-5,9,14,17H,6-8H2,1H3. The van der Waals surface area contributed by atoms with Crippen molar-refractivity contribution < 1.29 is 5.11 Å². The summed E-state index contributed by atoms with van der Waals surface area (Å²) in [5.41, 5.74) is 3.29. The number of benzene rings is 1. The molecular formula is C14H16N2OS. The minimum atomic E-state index is -0.324. The van der Waals surface area contributed by atoms with E-state index >= 15 is 0 Å². The second-order valence-electron chi connectivity index (χ2n) is 4.64. The van der Waals surface area contributed by atoms with Crippen LogP contribution in [0, 0.1) is 6.92 Å². The van der Waals surface area contributed by atoms with E-state index in [1.165, 1.54) is 0 Å². The molecule has 0 saturated carbocycles. The third-order valence-corrected chi connectivity index (χ3v) is 4.15. The summed E-state index contributed by atoms with van der Waals surface area (Å²) in [5.74, 6) is 0. The Morgan fingerprint density at radius 2 is 2.28 bits per heavy atom. The normalized spacial score (nSPS) is 18.8. The molecule has 1 aliphatic heterocycles. The van der Waals surface area contributed by atoms with Crippen LogP contribution < -0.4 is 4.90 Å². The molecule has 0 fully saturated rings. The van der Waals surface area contributed by atoms with Crippen LogP contribution in [0.5, 0.6) is 0 Å². The van der Waals surface area contributed by atoms with Crippen LogP contribution in [0.3, 0.4) is 0 Å². The summed E-state index contributed by atoms with van der Waals surface area (Å²) < 4.78 is 0. The van der Waals surface area contributed by atoms with Crippen LogP contribution >= 0.6 is 11.3 Å². The lowest BCUT2D eigenvalue weighted by Gasteiger charge is -2.33. The molecule has 0 amide bonds. The highest BCUT2D eigenvalue weighted by Crippen LogP contribution is 2.34. The number of aromatic nitrogens is 1. The number of aryl methyl sites for hydroxylation is 1. The number of nitrogens with zero attached hydrogens (tertiary/aromatic N) is 2. The molecule has 18 heavy (non-hydrogen) atoms. The molecule has 1 atom stereocenters. The van der Waals surface area contributed by atoms with Gasteiger partial charge in [0.15, 0.2) is 0 Å². The highest BCUT2D eigenvalue weighted by Gasteiger charge is 2.23. The van der Waals surface area contributed by atoms with E-state index in [1.54, 1.807) is 11.3 Å². The Labute approximate surface area is 111 Å². The van der Waals surface area contributed by atoms with Crippen molar-refractivity contribution in [2.45, 2.75) is 26.0 Å². The van der Waals surface area contributed by atoms with Gasteiger partial charge in [-0.15, -0.1) is 11.3 Å². The van der Waals surface area contributed by atoms with Crippen LogP contribution in [0.4, 0.5) is 5.69 Å². The van der Waals surface area contributed by atoms with Crippen molar-refractivity contribution in [1.29, 1.82) is 0 Å². The van der Waals surface area contributed by atoms with Crippen LogP contribution in [0.15, 0.2) is 29.6 Å². The van der Waals surface area contributed by atoms with Crippen LogP contribution in [0.25, 0.3) is 0 Å². The number of rotatable bonds is 2. The van der Waals surface area contributed by atoms with Gasteiger partial charge in [0.2, 0.25) is 0 Å². The number of thiazole rings is 1. The van der Waals surface area contributed by atoms with Crippen LogP contribution in [0.1, 0.15) is 28.8 Å². The average Bonchev–Trinajstić information content (AvgIpc) is 2.79. The van der Waals surface area contributed by atoms with E-state index < -0.39 is 0 Å². The molecule has 0 radical (unpaired) electrons. The van der Waals surface area contributed by atoms with E-state index in [4.69, 9.17) is 0 Å². The van der Waals surface area contributed by atoms with E-state index in [-0.39, 0.29) is 6.10 Å². The second kappa shape index (κ2) is 4.71. The summed E-state index contributed by atoms with van der Waals surface area (Å²) in [5, 5.41) is 13.2. The summed E-state index contributed by atoms with van der Waals surface area (Å²) in [4.78, 5) is 6.81. The number of anilines is 1. The van der Waals surface area contributed by atoms with Gasteiger partial charge in [0.1, 0.15) is 0 Å². The predicted octanol–water partition coefficient (Wildman–Crippen LogP) is 2.90. The first-order valence-electron chi connectivity index (χ1n) is 6.17. The Bertz CT molecular complexity index is 552. The number of aliphatic hydroxyl groups is 1. The molecule has 0 bridgehead atoms. The lowest BCUT2D eigenvalue weighted by molar-refractivity contribution is 0.164. The Hall–Kier alpha value is -1.39. The third-order valence-electron chi connectivity index (χ3n) is 3.33. The van der Waals surface area contributed by atoms with Crippen molar-refractivity contribution in [3.63, 3.8) is 0 Å². The zero-order valence-electron chi connectivity index (χ0n) is 10.3. The molecule has 2 heterocycles. The van der Waals surface area contributed by atoms with Crippen molar-refractivity contribution >= 4 is 17.0 Å². The topological polar surface area (TPSA) is 36.4 Å². The van der Waals surface area contributed by atoms with E-state index in [1.807, 2.05) is 25.1 Å². The molecule has 0 aliphatic carbocycles. The quantitative estimate of drug-likeness (QED) is 0.902. The molecule has 1 aliphatic rings. The zero-order chi connectivity index (χ0) is 12.5. The first-order valence-corrected chi connectivity index (χ1v) is 7.05. The number of aliphatic hydroxyl groups excluding tert-OH is 1. The Morgan fingerprint density at radius 1 is 1.44 bits per heavy atom. The summed E-state index contributed by atoms with van der Waals surface area (Å²) in [6.07, 6.45) is 0.467. The molecule has 4 heteroatoms. The van der Waals surface area contributed by atoms with Gasteiger partial charge in [-0.05, 0) is 19.4 Å². The Balaban J connectivity index is 1.88. The van der Waals surface area contributed by atoms with Gasteiger partial charge in [0.25, 0.3) is 0 Å². The minimum absolute atomic E-state index is 0.324. The molecule has 1 aromatic heterocycles. The van der Waals surface area contributed by atoms with E-state index in [2.05, 4.69) is 21.3 Å². The van der Waals surface area contributed by atoms with Gasteiger partial charge in [-0.1, -0.05) is 18.2 Å². The van der Waals surface area contributed by atoms with Gasteiger partial charge in [-0.2, -0.15) is 0 Å². The predicted molar refractivity (Wildman–Crippen MR) is 73.9 cm³/mol. The van der Waals surface area contributed by atoms with Crippen molar-refractivity contribution in [3.8, 4) is 0 Å². The lowest BCUT2D eigenvalue weighted by Crippen LogP contribution is -2.30. The minimum Gasteiger partial charge on any atom is -0.388 e. The Kier molecular flexibility index (Phi) is 3.06. The van der Waals surface area contributed by atoms with Gasteiger partial charge >= 0.3 is 0 Å². The molecule has 3 nitrogen and oxygen atoms in total. The Morgan fingerprint density at radius 3 is 3.06 bits per heavy atom. The fourth-order valence-electron chi connectivity index (χ4n) is 2.45. The van der Waals surface area contributed by atoms with Gasteiger partial charge in [0.05, 0.1) is 23.4 Å². The maximum absolute atomic E-state index is 10.0. The molecule has 94 valence electrons. The van der Waals surface area contributed by atoms with Crippen LogP contribution in [-0.4, -0.2) is 16.6 Å². The van der Waals surface area contributed by atoms with Gasteiger partial charge in [-0.3, -0.25) is 0 Å². The maximum atomic E-state index is 10.0. The van der Waals surface area contributed by atoms with Crippen molar-refractivity contribution in [2.24, 2.45) is 0 Å². The van der Waals surface area contributed by atoms with E-state index in [0.717, 1.165) is 41.5 Å². The SMILES string of the molecule is Cc1nc(CN2CCC(O)c3ccccc32)cs1. The van der Waals surface area contributed by atoms with Gasteiger partial charge < -0.3 is 10.0 Å². The van der Waals surface area contributed by atoms with Crippen LogP contribution in [-0.2, 0) is 6.54 Å². The summed E-state index contributed by atoms with van der Waals surface area (Å²) >= 11 is 1.69. The summed E-state index contributed by atoms with van der Waals surface area (Å²) in [6, 6.07) is 8.10. The lowest BCUT2D eigenvalue weighted by atomic mass is 9.99. The van der Waals surface area contributed by atoms with Gasteiger partial charge in [-0.25, -0.2) is 4.98 Å². The number of fused-ring (bicyclic) bond motifs is 1. The second-order valence-corrected chi connectivity index (χ2v) is 5.70. The molecule has 1 aromatic carbocycles. The molecular weight excluding hydrogens is 244 g/mol. The smallest absolute Gasteiger partial charge is 0.0898 e. The molecule has 3 rings (SSSR count). The number of para-hydroxylation sites is 1. The number of hydrogen-bond donors (Lipinski definition) is 1. The first-order chi connectivity index (χ1) is 8.74. The fraction of sp³-hybridized carbons (Fsp3) is 0.357. The largest absolute Gasteiger partial charge is 0.388 e. The average molecular weight is 260 g/mol. The van der Waals surface area contributed by atoms with Crippen molar-refractivity contribution in [1.82, 2.24) is 4.98 Å². The molecule has 0 saturated heterocycles. The highest BCUT2D eigenvalue weighted by atomic mass is 32.1. The van der Waals surface area contributed by atoms with Crippen LogP contribution in [0.2, 0.25) is 0 Å². The number of hydrogen-bond acceptors (Lipinski definition) is 4. The molecule has 0 spiro atoms. The van der Waals surface area contributed by atoms with E-state index in [0.29, 0.717) is 0 Å². The monoisotopic (exact) mass is 260 g/mol. The summed E-state index contributed by atoms with van der Waals surface area (Å²) in [7, 11) is 0. The fourth-order valence-corrected chi connectivity index (χ4v) is 3.06. The molecule has 1 N–H and O–H groups in total. The van der Waals surface area contributed by atoms with Crippen molar-refractivity contribution in [2.75, 3.05) is 11.4 Å². The summed E-state index contributed by atoms with van der Waals surface area (Å²) in [6.45, 7) is 3.74. The molecule has 2 aromatic rings. The zero-order valence-corrected chi connectivity index (χ0v) is 11.2. The highest BCUT2D eigenvalue weighted by molar-refractivity contribution is 7.09. The first kappa shape index (κ1) is 11.7.